The maximum Gasteiger partial charge on any atom is 0.242 e. The number of aryl methyl sites for hydroxylation is 2. The minimum Gasteiger partial charge on any atom is -0.347 e. The van der Waals surface area contributed by atoms with Crippen LogP contribution in [0.15, 0.2) is 18.2 Å². The van der Waals surface area contributed by atoms with Crippen LogP contribution in [-0.2, 0) is 16.0 Å². The summed E-state index contributed by atoms with van der Waals surface area (Å²) in [4.78, 5) is 25.7. The molecule has 2 amide bonds. The Labute approximate surface area is 125 Å². The first-order chi connectivity index (χ1) is 10.1. The summed E-state index contributed by atoms with van der Waals surface area (Å²) in [5, 5.41) is 5.92. The van der Waals surface area contributed by atoms with Gasteiger partial charge in [0.05, 0.1) is 13.0 Å². The minimum absolute atomic E-state index is 0.00851. The van der Waals surface area contributed by atoms with Crippen LogP contribution in [0.4, 0.5) is 0 Å². The van der Waals surface area contributed by atoms with Crippen molar-refractivity contribution in [3.05, 3.63) is 34.9 Å². The third kappa shape index (κ3) is 4.56. The molecule has 114 valence electrons. The van der Waals surface area contributed by atoms with Crippen LogP contribution in [0.1, 0.15) is 16.7 Å². The zero-order chi connectivity index (χ0) is 15.2. The number of hydrogen-bond donors (Lipinski definition) is 2. The highest BCUT2D eigenvalue weighted by molar-refractivity contribution is 5.86. The number of nitrogens with one attached hydrogen (secondary N) is 2. The maximum atomic E-state index is 12.0. The highest BCUT2D eigenvalue weighted by Gasteiger charge is 2.16. The molecular weight excluding hydrogens is 266 g/mol. The van der Waals surface area contributed by atoms with Crippen molar-refractivity contribution in [1.82, 2.24) is 15.5 Å². The normalized spacial score (nSPS) is 14.9. The van der Waals surface area contributed by atoms with Crippen LogP contribution in [0.3, 0.4) is 0 Å². The van der Waals surface area contributed by atoms with E-state index in [0.717, 1.165) is 29.8 Å². The molecule has 0 unspecified atom stereocenters. The van der Waals surface area contributed by atoms with Gasteiger partial charge in [0.1, 0.15) is 0 Å². The molecule has 0 radical (unpaired) electrons. The summed E-state index contributed by atoms with van der Waals surface area (Å²) >= 11 is 0. The fraction of sp³-hybridized carbons (Fsp3) is 0.500. The SMILES string of the molecule is Cc1ccc(C)c(CC(=O)NCC(=O)N2CCNCC2)c1. The van der Waals surface area contributed by atoms with Crippen molar-refractivity contribution in [3.8, 4) is 0 Å². The average Bonchev–Trinajstić information content (AvgIpc) is 2.49. The highest BCUT2D eigenvalue weighted by atomic mass is 16.2. The zero-order valence-corrected chi connectivity index (χ0v) is 12.7. The summed E-state index contributed by atoms with van der Waals surface area (Å²) < 4.78 is 0. The van der Waals surface area contributed by atoms with Gasteiger partial charge in [0.2, 0.25) is 11.8 Å². The molecule has 0 aliphatic carbocycles. The molecule has 0 bridgehead atoms. The number of piperazine rings is 1. The smallest absolute Gasteiger partial charge is 0.242 e. The number of carbonyl (C=O) groups excluding carboxylic acids is 2. The molecule has 1 aliphatic rings. The van der Waals surface area contributed by atoms with Gasteiger partial charge < -0.3 is 15.5 Å². The van der Waals surface area contributed by atoms with Crippen LogP contribution >= 0.6 is 0 Å². The Morgan fingerprint density at radius 1 is 1.24 bits per heavy atom. The molecule has 0 aromatic heterocycles. The van der Waals surface area contributed by atoms with E-state index in [9.17, 15) is 9.59 Å². The lowest BCUT2D eigenvalue weighted by molar-refractivity contribution is -0.133. The largest absolute Gasteiger partial charge is 0.347 e. The molecule has 1 fully saturated rings. The number of carbonyl (C=O) groups is 2. The van der Waals surface area contributed by atoms with Crippen molar-refractivity contribution < 1.29 is 9.59 Å². The van der Waals surface area contributed by atoms with Crippen LogP contribution in [0.25, 0.3) is 0 Å². The molecule has 0 spiro atoms. The van der Waals surface area contributed by atoms with Gasteiger partial charge in [0.15, 0.2) is 0 Å². The molecule has 1 aliphatic heterocycles. The Balaban J connectivity index is 1.81. The summed E-state index contributed by atoms with van der Waals surface area (Å²) in [6, 6.07) is 6.07. The van der Waals surface area contributed by atoms with Gasteiger partial charge in [-0.05, 0) is 25.0 Å². The molecule has 1 aromatic carbocycles. The van der Waals surface area contributed by atoms with E-state index in [-0.39, 0.29) is 18.4 Å². The Morgan fingerprint density at radius 3 is 2.67 bits per heavy atom. The van der Waals surface area contributed by atoms with E-state index < -0.39 is 0 Å². The second kappa shape index (κ2) is 7.22. The number of hydrogen-bond acceptors (Lipinski definition) is 3. The standard InChI is InChI=1S/C16H23N3O2/c1-12-3-4-13(2)14(9-12)10-15(20)18-11-16(21)19-7-5-17-6-8-19/h3-4,9,17H,5-8,10-11H2,1-2H3,(H,18,20). The van der Waals surface area contributed by atoms with Gasteiger partial charge in [-0.2, -0.15) is 0 Å². The third-order valence-corrected chi connectivity index (χ3v) is 3.76. The van der Waals surface area contributed by atoms with Crippen molar-refractivity contribution in [3.63, 3.8) is 0 Å². The van der Waals surface area contributed by atoms with Gasteiger partial charge in [0, 0.05) is 26.2 Å². The first kappa shape index (κ1) is 15.5. The summed E-state index contributed by atoms with van der Waals surface area (Å²) in [6.07, 6.45) is 0.322. The molecule has 2 N–H and O–H groups in total. The van der Waals surface area contributed by atoms with Crippen LogP contribution in [-0.4, -0.2) is 49.4 Å². The monoisotopic (exact) mass is 289 g/mol. The van der Waals surface area contributed by atoms with Gasteiger partial charge in [-0.25, -0.2) is 0 Å². The molecule has 5 heteroatoms. The van der Waals surface area contributed by atoms with E-state index in [2.05, 4.69) is 10.6 Å². The Hall–Kier alpha value is -1.88. The molecular formula is C16H23N3O2. The number of benzene rings is 1. The van der Waals surface area contributed by atoms with Gasteiger partial charge >= 0.3 is 0 Å². The molecule has 1 saturated heterocycles. The van der Waals surface area contributed by atoms with Gasteiger partial charge in [0.25, 0.3) is 0 Å². The topological polar surface area (TPSA) is 61.4 Å². The summed E-state index contributed by atoms with van der Waals surface area (Å²) in [5.41, 5.74) is 3.26. The van der Waals surface area contributed by atoms with Crippen LogP contribution in [0, 0.1) is 13.8 Å². The van der Waals surface area contributed by atoms with Crippen LogP contribution < -0.4 is 10.6 Å². The van der Waals surface area contributed by atoms with E-state index in [4.69, 9.17) is 0 Å². The minimum atomic E-state index is -0.104. The van der Waals surface area contributed by atoms with Crippen LogP contribution in [0.2, 0.25) is 0 Å². The Morgan fingerprint density at radius 2 is 1.95 bits per heavy atom. The van der Waals surface area contributed by atoms with E-state index in [1.54, 1.807) is 4.90 Å². The van der Waals surface area contributed by atoms with Crippen molar-refractivity contribution in [2.45, 2.75) is 20.3 Å². The fourth-order valence-corrected chi connectivity index (χ4v) is 2.43. The van der Waals surface area contributed by atoms with Crippen LogP contribution in [0.5, 0.6) is 0 Å². The van der Waals surface area contributed by atoms with Crippen molar-refractivity contribution in [2.75, 3.05) is 32.7 Å². The predicted molar refractivity (Wildman–Crippen MR) is 82.1 cm³/mol. The molecule has 1 heterocycles. The average molecular weight is 289 g/mol. The lowest BCUT2D eigenvalue weighted by Gasteiger charge is -2.27. The fourth-order valence-electron chi connectivity index (χ4n) is 2.43. The van der Waals surface area contributed by atoms with E-state index >= 15 is 0 Å². The van der Waals surface area contributed by atoms with Crippen molar-refractivity contribution in [1.29, 1.82) is 0 Å². The lowest BCUT2D eigenvalue weighted by Crippen LogP contribution is -2.49. The van der Waals surface area contributed by atoms with E-state index in [1.807, 2.05) is 32.0 Å². The number of nitrogens with zero attached hydrogens (tertiary/aromatic N) is 1. The maximum absolute atomic E-state index is 12.0. The second-order valence-electron chi connectivity index (χ2n) is 5.51. The molecule has 2 rings (SSSR count). The second-order valence-corrected chi connectivity index (χ2v) is 5.51. The van der Waals surface area contributed by atoms with E-state index in [0.29, 0.717) is 19.5 Å². The van der Waals surface area contributed by atoms with Gasteiger partial charge in [-0.3, -0.25) is 9.59 Å². The molecule has 21 heavy (non-hydrogen) atoms. The van der Waals surface area contributed by atoms with Crippen molar-refractivity contribution >= 4 is 11.8 Å². The molecule has 1 aromatic rings. The first-order valence-electron chi connectivity index (χ1n) is 7.37. The molecule has 0 atom stereocenters. The molecule has 5 nitrogen and oxygen atoms in total. The lowest BCUT2D eigenvalue weighted by atomic mass is 10.0. The Bertz CT molecular complexity index is 522. The molecule has 0 saturated carbocycles. The predicted octanol–water partition coefficient (Wildman–Crippen LogP) is 0.394. The quantitative estimate of drug-likeness (QED) is 0.843. The summed E-state index contributed by atoms with van der Waals surface area (Å²) in [5.74, 6) is -0.113. The number of rotatable bonds is 4. The third-order valence-electron chi connectivity index (χ3n) is 3.76. The summed E-state index contributed by atoms with van der Waals surface area (Å²) in [6.45, 7) is 7.16. The Kier molecular flexibility index (Phi) is 5.33. The first-order valence-corrected chi connectivity index (χ1v) is 7.37. The number of amides is 2. The van der Waals surface area contributed by atoms with Crippen molar-refractivity contribution in [2.24, 2.45) is 0 Å². The summed E-state index contributed by atoms with van der Waals surface area (Å²) in [7, 11) is 0. The van der Waals surface area contributed by atoms with E-state index in [1.165, 1.54) is 0 Å². The van der Waals surface area contributed by atoms with Gasteiger partial charge in [-0.1, -0.05) is 23.8 Å². The van der Waals surface area contributed by atoms with Gasteiger partial charge in [-0.15, -0.1) is 0 Å². The highest BCUT2D eigenvalue weighted by Crippen LogP contribution is 2.11. The zero-order valence-electron chi connectivity index (χ0n) is 12.7.